The lowest BCUT2D eigenvalue weighted by atomic mass is 9.88. The molecule has 7 nitrogen and oxygen atoms in total. The van der Waals surface area contributed by atoms with Crippen LogP contribution in [-0.2, 0) is 24.3 Å². The van der Waals surface area contributed by atoms with Crippen LogP contribution in [-0.4, -0.2) is 50.3 Å². The van der Waals surface area contributed by atoms with Crippen LogP contribution >= 0.6 is 0 Å². The number of aromatic amines is 1. The number of hydrogen-bond acceptors (Lipinski definition) is 5. The first-order chi connectivity index (χ1) is 15.2. The topological polar surface area (TPSA) is 82.2 Å². The smallest absolute Gasteiger partial charge is 0.254 e. The first-order valence-electron chi connectivity index (χ1n) is 11.7. The highest BCUT2D eigenvalue weighted by Gasteiger charge is 2.34. The number of amides is 1. The van der Waals surface area contributed by atoms with E-state index in [2.05, 4.69) is 20.9 Å². The van der Waals surface area contributed by atoms with Crippen molar-refractivity contribution in [3.8, 4) is 0 Å². The Morgan fingerprint density at radius 2 is 2.03 bits per heavy atom. The van der Waals surface area contributed by atoms with E-state index in [0.717, 1.165) is 62.4 Å². The van der Waals surface area contributed by atoms with Gasteiger partial charge >= 0.3 is 0 Å². The zero-order valence-corrected chi connectivity index (χ0v) is 18.1. The van der Waals surface area contributed by atoms with Crippen LogP contribution < -0.4 is 5.56 Å². The number of pyridine rings is 1. The normalized spacial score (nSPS) is 22.5. The second-order valence-electron chi connectivity index (χ2n) is 9.30. The summed E-state index contributed by atoms with van der Waals surface area (Å²) >= 11 is 0. The van der Waals surface area contributed by atoms with E-state index >= 15 is 0 Å². The predicted molar refractivity (Wildman–Crippen MR) is 117 cm³/mol. The van der Waals surface area contributed by atoms with E-state index in [1.165, 1.54) is 24.8 Å². The van der Waals surface area contributed by atoms with Crippen LogP contribution in [0.3, 0.4) is 0 Å². The van der Waals surface area contributed by atoms with Gasteiger partial charge in [-0.3, -0.25) is 19.5 Å². The number of carbonyl (C=O) groups is 1. The number of aromatic nitrogens is 3. The fourth-order valence-corrected chi connectivity index (χ4v) is 5.38. The highest BCUT2D eigenvalue weighted by molar-refractivity contribution is 5.79. The van der Waals surface area contributed by atoms with Crippen molar-refractivity contribution in [2.24, 2.45) is 5.92 Å². The van der Waals surface area contributed by atoms with Crippen LogP contribution in [0.1, 0.15) is 67.1 Å². The summed E-state index contributed by atoms with van der Waals surface area (Å²) in [6.07, 6.45) is 10.9. The van der Waals surface area contributed by atoms with E-state index in [9.17, 15) is 9.59 Å². The SMILES string of the molecule is O=C(C1CCCCC1)N1CC[C@H](c2nc3c(c(=O)[nH]2)CCN(Cc2cccnc2)C3)C1. The minimum atomic E-state index is -0.00177. The minimum absolute atomic E-state index is 0.00177. The first kappa shape index (κ1) is 20.4. The third-order valence-electron chi connectivity index (χ3n) is 7.14. The average molecular weight is 422 g/mol. The van der Waals surface area contributed by atoms with Crippen molar-refractivity contribution >= 4 is 5.91 Å². The first-order valence-corrected chi connectivity index (χ1v) is 11.7. The summed E-state index contributed by atoms with van der Waals surface area (Å²) in [5, 5.41) is 0. The zero-order valence-electron chi connectivity index (χ0n) is 18.1. The molecule has 31 heavy (non-hydrogen) atoms. The second-order valence-corrected chi connectivity index (χ2v) is 9.30. The lowest BCUT2D eigenvalue weighted by molar-refractivity contribution is -0.135. The summed E-state index contributed by atoms with van der Waals surface area (Å²) in [5.41, 5.74) is 2.88. The largest absolute Gasteiger partial charge is 0.342 e. The number of nitrogens with one attached hydrogen (secondary N) is 1. The molecule has 2 aliphatic heterocycles. The maximum Gasteiger partial charge on any atom is 0.254 e. The van der Waals surface area contributed by atoms with Gasteiger partial charge in [0.25, 0.3) is 5.56 Å². The van der Waals surface area contributed by atoms with Crippen molar-refractivity contribution in [1.82, 2.24) is 24.8 Å². The molecule has 0 unspecified atom stereocenters. The molecule has 0 spiro atoms. The van der Waals surface area contributed by atoms with E-state index in [0.29, 0.717) is 19.0 Å². The Balaban J connectivity index is 1.28. The van der Waals surface area contributed by atoms with Crippen LogP contribution in [0.4, 0.5) is 0 Å². The van der Waals surface area contributed by atoms with Crippen LogP contribution in [0.25, 0.3) is 0 Å². The fraction of sp³-hybridized carbons (Fsp3) is 0.583. The van der Waals surface area contributed by atoms with E-state index in [1.807, 2.05) is 17.2 Å². The lowest BCUT2D eigenvalue weighted by Gasteiger charge is -2.28. The number of H-pyrrole nitrogens is 1. The molecule has 2 fully saturated rings. The summed E-state index contributed by atoms with van der Waals surface area (Å²) in [7, 11) is 0. The Morgan fingerprint density at radius 1 is 1.16 bits per heavy atom. The molecule has 5 rings (SSSR count). The number of carbonyl (C=O) groups excluding carboxylic acids is 1. The van der Waals surface area contributed by atoms with Gasteiger partial charge in [-0.25, -0.2) is 4.98 Å². The Morgan fingerprint density at radius 3 is 2.84 bits per heavy atom. The molecule has 1 N–H and O–H groups in total. The Hall–Kier alpha value is -2.54. The molecule has 0 aromatic carbocycles. The van der Waals surface area contributed by atoms with Crippen molar-refractivity contribution in [3.05, 3.63) is 57.5 Å². The maximum absolute atomic E-state index is 12.9. The number of nitrogens with zero attached hydrogens (tertiary/aromatic N) is 4. The van der Waals surface area contributed by atoms with Crippen LogP contribution in [0.15, 0.2) is 29.3 Å². The molecule has 1 amide bonds. The third-order valence-corrected chi connectivity index (χ3v) is 7.14. The van der Waals surface area contributed by atoms with Crippen molar-refractivity contribution in [2.75, 3.05) is 19.6 Å². The van der Waals surface area contributed by atoms with Gasteiger partial charge in [-0.15, -0.1) is 0 Å². The van der Waals surface area contributed by atoms with E-state index in [1.54, 1.807) is 6.20 Å². The molecule has 1 aliphatic carbocycles. The van der Waals surface area contributed by atoms with Gasteiger partial charge in [-0.2, -0.15) is 0 Å². The summed E-state index contributed by atoms with van der Waals surface area (Å²) < 4.78 is 0. The van der Waals surface area contributed by atoms with Crippen LogP contribution in [0.2, 0.25) is 0 Å². The molecule has 1 atom stereocenters. The monoisotopic (exact) mass is 421 g/mol. The van der Waals surface area contributed by atoms with Crippen molar-refractivity contribution in [2.45, 2.75) is 64.0 Å². The molecule has 1 saturated carbocycles. The van der Waals surface area contributed by atoms with Gasteiger partial charge in [0.1, 0.15) is 5.82 Å². The van der Waals surface area contributed by atoms with E-state index in [-0.39, 0.29) is 17.4 Å². The standard InChI is InChI=1S/C24H31N5O2/c30-23-20-9-11-28(14-17-5-4-10-25-13-17)16-21(20)26-22(27-23)19-8-12-29(15-19)24(31)18-6-2-1-3-7-18/h4-5,10,13,18-19H,1-3,6-9,11-12,14-16H2,(H,26,27,30)/t19-/m0/s1. The van der Waals surface area contributed by atoms with Crippen molar-refractivity contribution < 1.29 is 4.79 Å². The summed E-state index contributed by atoms with van der Waals surface area (Å²) in [6, 6.07) is 4.03. The lowest BCUT2D eigenvalue weighted by Crippen LogP contribution is -2.36. The molecule has 3 aliphatic rings. The second kappa shape index (κ2) is 8.91. The van der Waals surface area contributed by atoms with Crippen molar-refractivity contribution in [1.29, 1.82) is 0 Å². The summed E-state index contributed by atoms with van der Waals surface area (Å²) in [5.74, 6) is 1.39. The highest BCUT2D eigenvalue weighted by atomic mass is 16.2. The fourth-order valence-electron chi connectivity index (χ4n) is 5.38. The molecule has 1 saturated heterocycles. The molecule has 2 aromatic heterocycles. The minimum Gasteiger partial charge on any atom is -0.342 e. The van der Waals surface area contributed by atoms with Crippen LogP contribution in [0, 0.1) is 5.92 Å². The van der Waals surface area contributed by atoms with Gasteiger partial charge in [0.05, 0.1) is 5.69 Å². The predicted octanol–water partition coefficient (Wildman–Crippen LogP) is 2.62. The van der Waals surface area contributed by atoms with Gasteiger partial charge < -0.3 is 9.88 Å². The molecular weight excluding hydrogens is 390 g/mol. The highest BCUT2D eigenvalue weighted by Crippen LogP contribution is 2.30. The molecule has 0 bridgehead atoms. The van der Waals surface area contributed by atoms with E-state index in [4.69, 9.17) is 4.98 Å². The number of hydrogen-bond donors (Lipinski definition) is 1. The zero-order chi connectivity index (χ0) is 21.2. The van der Waals surface area contributed by atoms with Gasteiger partial charge in [-0.1, -0.05) is 25.3 Å². The summed E-state index contributed by atoms with van der Waals surface area (Å²) in [4.78, 5) is 42.2. The average Bonchev–Trinajstić information content (AvgIpc) is 3.30. The van der Waals surface area contributed by atoms with Gasteiger partial charge in [0.2, 0.25) is 5.91 Å². The molecule has 4 heterocycles. The van der Waals surface area contributed by atoms with Gasteiger partial charge in [0.15, 0.2) is 0 Å². The third kappa shape index (κ3) is 4.42. The Bertz CT molecular complexity index is 983. The number of rotatable bonds is 4. The molecule has 164 valence electrons. The maximum atomic E-state index is 12.9. The molecule has 2 aromatic rings. The van der Waals surface area contributed by atoms with Crippen LogP contribution in [0.5, 0.6) is 0 Å². The Labute approximate surface area is 182 Å². The van der Waals surface area contributed by atoms with Gasteiger partial charge in [0, 0.05) is 62.5 Å². The number of fused-ring (bicyclic) bond motifs is 1. The molecule has 0 radical (unpaired) electrons. The van der Waals surface area contributed by atoms with E-state index < -0.39 is 0 Å². The van der Waals surface area contributed by atoms with Gasteiger partial charge in [-0.05, 0) is 37.3 Å². The molecule has 7 heteroatoms. The summed E-state index contributed by atoms with van der Waals surface area (Å²) in [6.45, 7) is 3.78. The quantitative estimate of drug-likeness (QED) is 0.821. The molecular formula is C24H31N5O2. The Kier molecular flexibility index (Phi) is 5.85. The van der Waals surface area contributed by atoms with Crippen molar-refractivity contribution in [3.63, 3.8) is 0 Å². The number of likely N-dealkylation sites (tertiary alicyclic amines) is 1.